The molecule has 35 heavy (non-hydrogen) atoms. The first kappa shape index (κ1) is 27.8. The molecule has 188 valence electrons. The molecule has 1 aromatic heterocycles. The maximum absolute atomic E-state index is 13.9. The highest BCUT2D eigenvalue weighted by molar-refractivity contribution is 5.78. The predicted octanol–water partition coefficient (Wildman–Crippen LogP) is 4.54. The summed E-state index contributed by atoms with van der Waals surface area (Å²) in [6.07, 6.45) is 1.18. The van der Waals surface area contributed by atoms with Crippen molar-refractivity contribution in [3.63, 3.8) is 0 Å². The molecule has 0 aliphatic rings. The Labute approximate surface area is 201 Å². The lowest BCUT2D eigenvalue weighted by atomic mass is 9.93. The zero-order valence-electron chi connectivity index (χ0n) is 19.9. The second-order valence-electron chi connectivity index (χ2n) is 9.38. The molecule has 0 fully saturated rings. The number of aliphatic hydroxyl groups excluding tert-OH is 1. The van der Waals surface area contributed by atoms with Crippen LogP contribution < -0.4 is 10.1 Å². The minimum atomic E-state index is -4.68. The summed E-state index contributed by atoms with van der Waals surface area (Å²) in [6.45, 7) is 5.60. The van der Waals surface area contributed by atoms with E-state index in [1.54, 1.807) is 12.1 Å². The lowest BCUT2D eigenvalue weighted by molar-refractivity contribution is -0.146. The van der Waals surface area contributed by atoms with E-state index in [0.717, 1.165) is 6.07 Å². The van der Waals surface area contributed by atoms with Gasteiger partial charge in [-0.3, -0.25) is 15.1 Å². The number of halogens is 3. The fraction of sp³-hybridized carbons (Fsp3) is 0.400. The second kappa shape index (κ2) is 10.9. The molecule has 3 N–H and O–H groups in total. The van der Waals surface area contributed by atoms with Crippen molar-refractivity contribution in [2.45, 2.75) is 52.6 Å². The van der Waals surface area contributed by atoms with Crippen molar-refractivity contribution in [2.75, 3.05) is 6.61 Å². The molecule has 0 saturated carbocycles. The summed E-state index contributed by atoms with van der Waals surface area (Å²) in [7, 11) is 0. The highest BCUT2D eigenvalue weighted by atomic mass is 19.4. The van der Waals surface area contributed by atoms with Crippen LogP contribution in [0.1, 0.15) is 55.5 Å². The minimum absolute atomic E-state index is 0.0514. The molecule has 0 radical (unpaired) electrons. The van der Waals surface area contributed by atoms with Gasteiger partial charge in [0.2, 0.25) is 0 Å². The molecule has 0 unspecified atom stereocenters. The Morgan fingerprint density at radius 1 is 1.20 bits per heavy atom. The van der Waals surface area contributed by atoms with Crippen molar-refractivity contribution in [1.82, 2.24) is 10.3 Å². The number of pyridine rings is 1. The number of rotatable bonds is 9. The first-order valence-corrected chi connectivity index (χ1v) is 10.7. The van der Waals surface area contributed by atoms with E-state index in [9.17, 15) is 28.2 Å². The SMILES string of the molecule is CC(C)(C)/C=C/c1cc(OCc2cncc(C#N)c2)c(CN[C@](C)(CO)C(=O)O)cc1C(F)(F)F. The number of aliphatic hydroxyl groups is 1. The van der Waals surface area contributed by atoms with Gasteiger partial charge in [-0.15, -0.1) is 0 Å². The highest BCUT2D eigenvalue weighted by Gasteiger charge is 2.35. The zero-order valence-corrected chi connectivity index (χ0v) is 19.9. The Hall–Kier alpha value is -3.42. The molecular weight excluding hydrogens is 463 g/mol. The summed E-state index contributed by atoms with van der Waals surface area (Å²) in [6, 6.07) is 5.66. The van der Waals surface area contributed by atoms with E-state index in [-0.39, 0.29) is 35.4 Å². The highest BCUT2D eigenvalue weighted by Crippen LogP contribution is 2.37. The number of benzene rings is 1. The number of nitriles is 1. The first-order chi connectivity index (χ1) is 16.2. The van der Waals surface area contributed by atoms with E-state index in [4.69, 9.17) is 10.00 Å². The van der Waals surface area contributed by atoms with Crippen LogP contribution in [0.15, 0.2) is 36.7 Å². The third kappa shape index (κ3) is 7.80. The Morgan fingerprint density at radius 3 is 2.43 bits per heavy atom. The summed E-state index contributed by atoms with van der Waals surface area (Å²) in [4.78, 5) is 15.5. The van der Waals surface area contributed by atoms with Gasteiger partial charge < -0.3 is 14.9 Å². The topological polar surface area (TPSA) is 115 Å². The number of nitrogens with zero attached hydrogens (tertiary/aromatic N) is 2. The number of carboxylic acids is 1. The minimum Gasteiger partial charge on any atom is -0.488 e. The van der Waals surface area contributed by atoms with Crippen LogP contribution in [-0.4, -0.2) is 33.3 Å². The van der Waals surface area contributed by atoms with Crippen LogP contribution in [0.4, 0.5) is 13.2 Å². The Morgan fingerprint density at radius 2 is 1.89 bits per heavy atom. The maximum atomic E-state index is 13.9. The smallest absolute Gasteiger partial charge is 0.417 e. The van der Waals surface area contributed by atoms with Crippen molar-refractivity contribution in [3.8, 4) is 11.8 Å². The summed E-state index contributed by atoms with van der Waals surface area (Å²) >= 11 is 0. The molecule has 2 rings (SSSR count). The van der Waals surface area contributed by atoms with Crippen LogP contribution in [0, 0.1) is 16.7 Å². The van der Waals surface area contributed by atoms with Gasteiger partial charge in [0.1, 0.15) is 24.0 Å². The van der Waals surface area contributed by atoms with Gasteiger partial charge in [-0.1, -0.05) is 32.9 Å². The molecule has 1 aromatic carbocycles. The Balaban J connectivity index is 2.55. The number of hydrogen-bond acceptors (Lipinski definition) is 6. The van der Waals surface area contributed by atoms with Gasteiger partial charge in [0.15, 0.2) is 0 Å². The molecular formula is C25H28F3N3O4. The number of alkyl halides is 3. The number of aromatic nitrogens is 1. The number of ether oxygens (including phenoxy) is 1. The predicted molar refractivity (Wildman–Crippen MR) is 123 cm³/mol. The molecule has 0 bridgehead atoms. The molecule has 2 aromatic rings. The van der Waals surface area contributed by atoms with E-state index in [1.165, 1.54) is 31.5 Å². The fourth-order valence-corrected chi connectivity index (χ4v) is 2.91. The van der Waals surface area contributed by atoms with E-state index in [2.05, 4.69) is 10.3 Å². The molecule has 0 amide bonds. The van der Waals surface area contributed by atoms with Crippen molar-refractivity contribution >= 4 is 12.0 Å². The van der Waals surface area contributed by atoms with Crippen molar-refractivity contribution in [2.24, 2.45) is 5.41 Å². The maximum Gasteiger partial charge on any atom is 0.417 e. The number of carboxylic acid groups (broad SMARTS) is 1. The van der Waals surface area contributed by atoms with Crippen LogP contribution in [0.25, 0.3) is 6.08 Å². The molecule has 0 saturated heterocycles. The number of aliphatic carboxylic acids is 1. The molecule has 0 spiro atoms. The monoisotopic (exact) mass is 491 g/mol. The van der Waals surface area contributed by atoms with E-state index < -0.39 is 29.9 Å². The molecule has 1 atom stereocenters. The van der Waals surface area contributed by atoms with Crippen LogP contribution in [0.3, 0.4) is 0 Å². The largest absolute Gasteiger partial charge is 0.488 e. The molecule has 7 nitrogen and oxygen atoms in total. The van der Waals surface area contributed by atoms with Gasteiger partial charge in [0.05, 0.1) is 17.7 Å². The van der Waals surface area contributed by atoms with Crippen LogP contribution in [0.5, 0.6) is 5.75 Å². The average Bonchev–Trinajstić information content (AvgIpc) is 2.78. The number of carbonyl (C=O) groups is 1. The Bertz CT molecular complexity index is 1130. The van der Waals surface area contributed by atoms with Gasteiger partial charge in [-0.25, -0.2) is 0 Å². The van der Waals surface area contributed by atoms with Gasteiger partial charge in [0, 0.05) is 30.1 Å². The van der Waals surface area contributed by atoms with Crippen molar-refractivity contribution in [3.05, 3.63) is 64.5 Å². The van der Waals surface area contributed by atoms with E-state index in [1.807, 2.05) is 26.8 Å². The van der Waals surface area contributed by atoms with Crippen LogP contribution in [0.2, 0.25) is 0 Å². The van der Waals surface area contributed by atoms with E-state index >= 15 is 0 Å². The van der Waals surface area contributed by atoms with Gasteiger partial charge >= 0.3 is 12.1 Å². The normalized spacial score (nSPS) is 13.9. The average molecular weight is 492 g/mol. The standard InChI is InChI=1S/C25H28F3N3O4/c1-23(2,3)6-5-18-9-21(35-14-17-7-16(10-29)11-30-12-17)19(8-20(18)25(26,27)28)13-31-24(4,15-32)22(33)34/h5-9,11-12,31-32H,13-15H2,1-4H3,(H,33,34)/b6-5+/t24-/m1/s1. The number of allylic oxidation sites excluding steroid dienone is 1. The quantitative estimate of drug-likeness (QED) is 0.472. The lowest BCUT2D eigenvalue weighted by Crippen LogP contribution is -2.52. The molecule has 1 heterocycles. The molecule has 10 heteroatoms. The second-order valence-corrected chi connectivity index (χ2v) is 9.38. The van der Waals surface area contributed by atoms with Gasteiger partial charge in [-0.2, -0.15) is 18.4 Å². The summed E-state index contributed by atoms with van der Waals surface area (Å²) < 4.78 is 47.6. The van der Waals surface area contributed by atoms with Crippen LogP contribution in [-0.2, 0) is 24.1 Å². The lowest BCUT2D eigenvalue weighted by Gasteiger charge is -2.25. The van der Waals surface area contributed by atoms with Crippen molar-refractivity contribution < 1.29 is 32.9 Å². The summed E-state index contributed by atoms with van der Waals surface area (Å²) in [5.74, 6) is -1.27. The van der Waals surface area contributed by atoms with Gasteiger partial charge in [0.25, 0.3) is 0 Å². The zero-order chi connectivity index (χ0) is 26.4. The summed E-state index contributed by atoms with van der Waals surface area (Å²) in [5, 5.41) is 30.5. The molecule has 0 aliphatic carbocycles. The van der Waals surface area contributed by atoms with Gasteiger partial charge in [-0.05, 0) is 36.1 Å². The third-order valence-electron chi connectivity index (χ3n) is 5.08. The Kier molecular flexibility index (Phi) is 8.65. The third-order valence-corrected chi connectivity index (χ3v) is 5.08. The van der Waals surface area contributed by atoms with Crippen molar-refractivity contribution in [1.29, 1.82) is 5.26 Å². The number of nitrogens with one attached hydrogen (secondary N) is 1. The molecule has 0 aliphatic heterocycles. The first-order valence-electron chi connectivity index (χ1n) is 10.7. The van der Waals surface area contributed by atoms with E-state index in [0.29, 0.717) is 11.1 Å². The fourth-order valence-electron chi connectivity index (χ4n) is 2.91. The van der Waals surface area contributed by atoms with Crippen LogP contribution >= 0.6 is 0 Å². The summed E-state index contributed by atoms with van der Waals surface area (Å²) in [5.41, 5.74) is -2.29. The number of hydrogen-bond donors (Lipinski definition) is 3.